The molecule has 0 saturated carbocycles. The Morgan fingerprint density at radius 1 is 0.864 bits per heavy atom. The second-order valence-electron chi connectivity index (χ2n) is 13.1. The summed E-state index contributed by atoms with van der Waals surface area (Å²) in [7, 11) is 0. The highest BCUT2D eigenvalue weighted by atomic mass is 32.2. The standard InChI is InChI=1S/C43H37N5O8S3/c1-57-23-31-24-58-41-35(40(52)48(41)36(31)42(53)56-38(29-18-10-4-11-19-29)30-20-12-5-13-21-30)46-39(51)34(32-25-59-43(45-32)44-26-49)47-54-22-33(50)55-37(27-14-6-2-7-15-27)28-16-8-3-9-17-28/h2-21,25-26,35,37-38,41H,22-24H2,1H3,(H,46,51)(H,44,45,49)/t35?,41-/m1/s1. The average molecular weight is 848 g/mol. The first-order chi connectivity index (χ1) is 28.9. The lowest BCUT2D eigenvalue weighted by Crippen LogP contribution is -2.71. The van der Waals surface area contributed by atoms with Gasteiger partial charge in [0.25, 0.3) is 11.8 Å². The Hall–Kier alpha value is -6.23. The first kappa shape index (κ1) is 40.9. The third-order valence-electron chi connectivity index (χ3n) is 9.21. The number of oxime groups is 1. The monoisotopic (exact) mass is 847 g/mol. The molecule has 1 unspecified atom stereocenters. The van der Waals surface area contributed by atoms with Gasteiger partial charge >= 0.3 is 11.9 Å². The highest BCUT2D eigenvalue weighted by molar-refractivity contribution is 8.00. The number of amides is 3. The molecule has 0 radical (unpaired) electrons. The van der Waals surface area contributed by atoms with Crippen molar-refractivity contribution in [2.75, 3.05) is 29.7 Å². The van der Waals surface area contributed by atoms with E-state index < -0.39 is 54.0 Å². The average Bonchev–Trinajstić information content (AvgIpc) is 3.74. The molecule has 0 spiro atoms. The minimum absolute atomic E-state index is 0.0240. The lowest BCUT2D eigenvalue weighted by Gasteiger charge is -2.49. The first-order valence-corrected chi connectivity index (χ1v) is 21.6. The maximum Gasteiger partial charge on any atom is 0.356 e. The summed E-state index contributed by atoms with van der Waals surface area (Å²) in [6.07, 6.45) is 0.884. The van der Waals surface area contributed by atoms with Crippen LogP contribution in [0.3, 0.4) is 0 Å². The molecule has 3 heterocycles. The van der Waals surface area contributed by atoms with Gasteiger partial charge in [0.05, 0.1) is 0 Å². The molecule has 2 aliphatic rings. The van der Waals surface area contributed by atoms with Gasteiger partial charge in [0.15, 0.2) is 23.1 Å². The molecule has 1 fully saturated rings. The molecule has 2 aliphatic heterocycles. The van der Waals surface area contributed by atoms with Crippen LogP contribution in [0.1, 0.15) is 40.2 Å². The van der Waals surface area contributed by atoms with Gasteiger partial charge in [-0.05, 0) is 34.1 Å². The van der Waals surface area contributed by atoms with Gasteiger partial charge in [-0.2, -0.15) is 11.8 Å². The zero-order valence-electron chi connectivity index (χ0n) is 31.5. The number of benzene rings is 4. The van der Waals surface area contributed by atoms with E-state index in [1.165, 1.54) is 33.8 Å². The number of β-lactam (4-membered cyclic amide) rings is 1. The molecule has 0 aliphatic carbocycles. The first-order valence-electron chi connectivity index (χ1n) is 18.3. The summed E-state index contributed by atoms with van der Waals surface area (Å²) in [4.78, 5) is 77.4. The zero-order chi connectivity index (χ0) is 41.1. The zero-order valence-corrected chi connectivity index (χ0v) is 33.9. The largest absolute Gasteiger partial charge is 0.450 e. The van der Waals surface area contributed by atoms with Crippen molar-refractivity contribution in [1.29, 1.82) is 0 Å². The van der Waals surface area contributed by atoms with Gasteiger partial charge in [0.2, 0.25) is 13.0 Å². The SMILES string of the molecule is CSCC1=C(C(=O)OC(c2ccccc2)c2ccccc2)N2C(=O)C(NC(=O)C(=NOCC(=O)OC(c3ccccc3)c3ccccc3)c3csc(NC=O)n3)[C@H]2SC1. The number of aromatic nitrogens is 1. The summed E-state index contributed by atoms with van der Waals surface area (Å²) < 4.78 is 12.0. The number of rotatable bonds is 17. The fraction of sp³-hybridized carbons (Fsp3) is 0.186. The summed E-state index contributed by atoms with van der Waals surface area (Å²) in [5.74, 6) is -1.86. The number of carbonyl (C=O) groups excluding carboxylic acids is 5. The van der Waals surface area contributed by atoms with E-state index in [1.54, 1.807) is 0 Å². The molecule has 7 rings (SSSR count). The van der Waals surface area contributed by atoms with Crippen LogP contribution in [0.4, 0.5) is 5.13 Å². The number of ether oxygens (including phenoxy) is 2. The van der Waals surface area contributed by atoms with Gasteiger partial charge in [-0.25, -0.2) is 14.6 Å². The number of hydrogen-bond acceptors (Lipinski definition) is 13. The molecule has 300 valence electrons. The van der Waals surface area contributed by atoms with Gasteiger partial charge < -0.3 is 24.9 Å². The van der Waals surface area contributed by atoms with Crippen molar-refractivity contribution in [1.82, 2.24) is 15.2 Å². The number of nitrogens with zero attached hydrogens (tertiary/aromatic N) is 3. The molecular weight excluding hydrogens is 811 g/mol. The normalized spacial score (nSPS) is 16.2. The number of fused-ring (bicyclic) bond motifs is 1. The minimum atomic E-state index is -1.05. The van der Waals surface area contributed by atoms with Crippen LogP contribution < -0.4 is 10.6 Å². The van der Waals surface area contributed by atoms with E-state index in [0.29, 0.717) is 17.9 Å². The summed E-state index contributed by atoms with van der Waals surface area (Å²) in [6.45, 7) is -0.660. The maximum absolute atomic E-state index is 14.2. The Kier molecular flexibility index (Phi) is 13.5. The fourth-order valence-electron chi connectivity index (χ4n) is 6.52. The van der Waals surface area contributed by atoms with E-state index in [-0.39, 0.29) is 22.2 Å². The molecule has 59 heavy (non-hydrogen) atoms. The van der Waals surface area contributed by atoms with Crippen LogP contribution in [-0.2, 0) is 38.3 Å². The third-order valence-corrected chi connectivity index (χ3v) is 12.0. The van der Waals surface area contributed by atoms with Gasteiger partial charge in [-0.15, -0.1) is 23.1 Å². The quantitative estimate of drug-likeness (QED) is 0.0365. The minimum Gasteiger partial charge on any atom is -0.450 e. The molecule has 16 heteroatoms. The van der Waals surface area contributed by atoms with Gasteiger partial charge in [-0.1, -0.05) is 126 Å². The Labute approximate surface area is 352 Å². The predicted octanol–water partition coefficient (Wildman–Crippen LogP) is 6.11. The molecular formula is C43H37N5O8S3. The Balaban J connectivity index is 1.08. The molecule has 0 bridgehead atoms. The van der Waals surface area contributed by atoms with Crippen LogP contribution in [0.15, 0.2) is 143 Å². The molecule has 13 nitrogen and oxygen atoms in total. The summed E-state index contributed by atoms with van der Waals surface area (Å²) >= 11 is 3.95. The number of hydrogen-bond donors (Lipinski definition) is 2. The molecule has 5 aromatic rings. The topological polar surface area (TPSA) is 166 Å². The van der Waals surface area contributed by atoms with Crippen molar-refractivity contribution in [3.05, 3.63) is 166 Å². The molecule has 1 aromatic heterocycles. The van der Waals surface area contributed by atoms with Crippen LogP contribution in [-0.4, -0.2) is 81.5 Å². The maximum atomic E-state index is 14.2. The Bertz CT molecular complexity index is 2270. The number of thioether (sulfide) groups is 2. The number of nitrogens with one attached hydrogen (secondary N) is 2. The van der Waals surface area contributed by atoms with Crippen LogP contribution in [0.2, 0.25) is 0 Å². The van der Waals surface area contributed by atoms with Crippen molar-refractivity contribution in [3.8, 4) is 0 Å². The van der Waals surface area contributed by atoms with Crippen molar-refractivity contribution in [2.24, 2.45) is 5.16 Å². The van der Waals surface area contributed by atoms with Gasteiger partial charge in [0, 0.05) is 16.9 Å². The lowest BCUT2D eigenvalue weighted by atomic mass is 10.0. The number of anilines is 1. The summed E-state index contributed by atoms with van der Waals surface area (Å²) in [6, 6.07) is 36.1. The smallest absolute Gasteiger partial charge is 0.356 e. The molecule has 4 aromatic carbocycles. The van der Waals surface area contributed by atoms with E-state index in [0.717, 1.165) is 39.2 Å². The molecule has 3 amide bonds. The highest BCUT2D eigenvalue weighted by Crippen LogP contribution is 2.42. The van der Waals surface area contributed by atoms with Crippen LogP contribution in [0, 0.1) is 0 Å². The van der Waals surface area contributed by atoms with Gasteiger partial charge in [0.1, 0.15) is 22.8 Å². The van der Waals surface area contributed by atoms with Crippen LogP contribution in [0.5, 0.6) is 0 Å². The highest BCUT2D eigenvalue weighted by Gasteiger charge is 2.55. The number of esters is 2. The Morgan fingerprint density at radius 2 is 1.41 bits per heavy atom. The Morgan fingerprint density at radius 3 is 1.93 bits per heavy atom. The number of carbonyl (C=O) groups is 5. The van der Waals surface area contributed by atoms with E-state index >= 15 is 0 Å². The number of thiazole rings is 1. The molecule has 2 atom stereocenters. The lowest BCUT2D eigenvalue weighted by molar-refractivity contribution is -0.154. The summed E-state index contributed by atoms with van der Waals surface area (Å²) in [5, 5.41) is 10.2. The van der Waals surface area contributed by atoms with Crippen molar-refractivity contribution in [2.45, 2.75) is 23.6 Å². The second-order valence-corrected chi connectivity index (χ2v) is 15.9. The molecule has 1 saturated heterocycles. The van der Waals surface area contributed by atoms with Gasteiger partial charge in [-0.3, -0.25) is 19.3 Å². The van der Waals surface area contributed by atoms with Crippen molar-refractivity contribution < 1.29 is 38.3 Å². The van der Waals surface area contributed by atoms with Crippen LogP contribution >= 0.6 is 34.9 Å². The fourth-order valence-corrected chi connectivity index (χ4v) is 9.23. The predicted molar refractivity (Wildman–Crippen MR) is 226 cm³/mol. The van der Waals surface area contributed by atoms with Crippen molar-refractivity contribution in [3.63, 3.8) is 0 Å². The van der Waals surface area contributed by atoms with E-state index in [2.05, 4.69) is 20.8 Å². The van der Waals surface area contributed by atoms with Crippen LogP contribution in [0.25, 0.3) is 0 Å². The van der Waals surface area contributed by atoms with Crippen molar-refractivity contribution >= 4 is 75.9 Å². The van der Waals surface area contributed by atoms with E-state index in [9.17, 15) is 24.0 Å². The van der Waals surface area contributed by atoms with E-state index in [1.807, 2.05) is 128 Å². The summed E-state index contributed by atoms with van der Waals surface area (Å²) in [5.41, 5.74) is 3.58. The third kappa shape index (κ3) is 9.57. The van der Waals surface area contributed by atoms with E-state index in [4.69, 9.17) is 14.3 Å². The second kappa shape index (κ2) is 19.5. The molecule has 2 N–H and O–H groups in total.